The zero-order chi connectivity index (χ0) is 18.8. The van der Waals surface area contributed by atoms with Gasteiger partial charge in [-0.05, 0) is 36.7 Å². The van der Waals surface area contributed by atoms with Crippen LogP contribution in [0.1, 0.15) is 12.0 Å². The number of halogens is 2. The molecular weight excluding hydrogens is 346 g/mol. The van der Waals surface area contributed by atoms with Crippen LogP contribution in [0, 0.1) is 0 Å². The van der Waals surface area contributed by atoms with Gasteiger partial charge in [-0.15, -0.1) is 0 Å². The van der Waals surface area contributed by atoms with Gasteiger partial charge in [0, 0.05) is 25.7 Å². The molecule has 1 saturated heterocycles. The molecule has 0 spiro atoms. The minimum atomic E-state index is -2.92. The van der Waals surface area contributed by atoms with Gasteiger partial charge in [0.15, 0.2) is 11.5 Å². The van der Waals surface area contributed by atoms with Gasteiger partial charge in [0.05, 0.1) is 20.3 Å². The Morgan fingerprint density at radius 3 is 2.81 bits per heavy atom. The molecule has 1 aliphatic rings. The fraction of sp³-hybridized carbons (Fsp3) is 0.500. The van der Waals surface area contributed by atoms with Crippen molar-refractivity contribution in [3.8, 4) is 11.5 Å². The number of nitrogens with zero attached hydrogens (tertiary/aromatic N) is 1. The number of benzene rings is 1. The maximum Gasteiger partial charge on any atom is 0.387 e. The third-order valence-electron chi connectivity index (χ3n) is 3.88. The van der Waals surface area contributed by atoms with Crippen molar-refractivity contribution >= 4 is 12.0 Å². The van der Waals surface area contributed by atoms with Crippen LogP contribution in [0.3, 0.4) is 0 Å². The summed E-state index contributed by atoms with van der Waals surface area (Å²) in [5.74, 6) is -0.0792. The van der Waals surface area contributed by atoms with Gasteiger partial charge in [-0.1, -0.05) is 6.07 Å². The van der Waals surface area contributed by atoms with Crippen LogP contribution in [0.5, 0.6) is 11.5 Å². The molecule has 0 unspecified atom stereocenters. The lowest BCUT2D eigenvalue weighted by molar-refractivity contribution is -0.116. The van der Waals surface area contributed by atoms with Crippen molar-refractivity contribution in [2.75, 3.05) is 46.5 Å². The van der Waals surface area contributed by atoms with Gasteiger partial charge in [0.1, 0.15) is 0 Å². The minimum Gasteiger partial charge on any atom is -0.493 e. The van der Waals surface area contributed by atoms with E-state index < -0.39 is 6.61 Å². The standard InChI is InChI=1S/C18H24F2N2O4/c1-24-16-13-14(3-5-15(16)26-18(19)20)4-6-17(23)21-7-2-8-22-9-11-25-12-10-22/h3-6,13,18H,2,7-12H2,1H3,(H,21,23)/b6-4+. The van der Waals surface area contributed by atoms with Gasteiger partial charge < -0.3 is 19.5 Å². The van der Waals surface area contributed by atoms with Crippen LogP contribution in [-0.4, -0.2) is 63.9 Å². The Morgan fingerprint density at radius 2 is 2.12 bits per heavy atom. The number of alkyl halides is 2. The van der Waals surface area contributed by atoms with E-state index in [0.717, 1.165) is 39.3 Å². The molecule has 1 heterocycles. The lowest BCUT2D eigenvalue weighted by atomic mass is 10.2. The monoisotopic (exact) mass is 370 g/mol. The number of carbonyl (C=O) groups excluding carboxylic acids is 1. The van der Waals surface area contributed by atoms with E-state index in [1.54, 1.807) is 12.1 Å². The number of ether oxygens (including phenoxy) is 3. The molecule has 0 saturated carbocycles. The van der Waals surface area contributed by atoms with Crippen molar-refractivity contribution in [1.29, 1.82) is 0 Å². The van der Waals surface area contributed by atoms with Crippen molar-refractivity contribution in [3.63, 3.8) is 0 Å². The van der Waals surface area contributed by atoms with Crippen molar-refractivity contribution in [1.82, 2.24) is 10.2 Å². The molecule has 0 bridgehead atoms. The summed E-state index contributed by atoms with van der Waals surface area (Å²) in [6.45, 7) is 1.98. The van der Waals surface area contributed by atoms with Crippen molar-refractivity contribution in [2.24, 2.45) is 0 Å². The molecule has 0 atom stereocenters. The van der Waals surface area contributed by atoms with E-state index in [1.807, 2.05) is 0 Å². The molecule has 1 aromatic carbocycles. The maximum absolute atomic E-state index is 12.3. The second-order valence-corrected chi connectivity index (χ2v) is 5.72. The Kier molecular flexibility index (Phi) is 8.30. The number of nitrogens with one attached hydrogen (secondary N) is 1. The van der Waals surface area contributed by atoms with E-state index in [9.17, 15) is 13.6 Å². The number of methoxy groups -OCH3 is 1. The summed E-state index contributed by atoms with van der Waals surface area (Å²) in [7, 11) is 1.36. The zero-order valence-electron chi connectivity index (χ0n) is 14.7. The number of rotatable bonds is 9. The second kappa shape index (κ2) is 10.7. The Balaban J connectivity index is 1.76. The van der Waals surface area contributed by atoms with Gasteiger partial charge in [-0.3, -0.25) is 9.69 Å². The number of morpholine rings is 1. The third-order valence-corrected chi connectivity index (χ3v) is 3.88. The molecule has 0 aliphatic carbocycles. The van der Waals surface area contributed by atoms with E-state index in [-0.39, 0.29) is 17.4 Å². The van der Waals surface area contributed by atoms with E-state index in [2.05, 4.69) is 15.0 Å². The van der Waals surface area contributed by atoms with Crippen molar-refractivity contribution in [3.05, 3.63) is 29.8 Å². The molecular formula is C18H24F2N2O4. The van der Waals surface area contributed by atoms with E-state index in [0.29, 0.717) is 12.1 Å². The van der Waals surface area contributed by atoms with Crippen LogP contribution in [0.25, 0.3) is 6.08 Å². The van der Waals surface area contributed by atoms with Gasteiger partial charge in [-0.25, -0.2) is 0 Å². The Hall–Kier alpha value is -2.19. The maximum atomic E-state index is 12.3. The molecule has 1 N–H and O–H groups in total. The van der Waals surface area contributed by atoms with Crippen LogP contribution in [-0.2, 0) is 9.53 Å². The molecule has 26 heavy (non-hydrogen) atoms. The molecule has 8 heteroatoms. The number of hydrogen-bond acceptors (Lipinski definition) is 5. The first-order valence-corrected chi connectivity index (χ1v) is 8.47. The van der Waals surface area contributed by atoms with Gasteiger partial charge in [-0.2, -0.15) is 8.78 Å². The van der Waals surface area contributed by atoms with Gasteiger partial charge in [0.2, 0.25) is 5.91 Å². The molecule has 1 aliphatic heterocycles. The van der Waals surface area contributed by atoms with Crippen molar-refractivity contribution in [2.45, 2.75) is 13.0 Å². The summed E-state index contributed by atoms with van der Waals surface area (Å²) in [4.78, 5) is 14.2. The van der Waals surface area contributed by atoms with Gasteiger partial charge in [0.25, 0.3) is 0 Å². The summed E-state index contributed by atoms with van der Waals surface area (Å²) < 4.78 is 39.3. The predicted molar refractivity (Wildman–Crippen MR) is 93.5 cm³/mol. The minimum absolute atomic E-state index is 0.0489. The largest absolute Gasteiger partial charge is 0.493 e. The number of hydrogen-bond donors (Lipinski definition) is 1. The van der Waals surface area contributed by atoms with Gasteiger partial charge >= 0.3 is 6.61 Å². The van der Waals surface area contributed by atoms with E-state index in [1.165, 1.54) is 25.3 Å². The highest BCUT2D eigenvalue weighted by Crippen LogP contribution is 2.29. The first-order valence-electron chi connectivity index (χ1n) is 8.47. The predicted octanol–water partition coefficient (Wildman–Crippen LogP) is 2.15. The molecule has 0 radical (unpaired) electrons. The second-order valence-electron chi connectivity index (χ2n) is 5.72. The summed E-state index contributed by atoms with van der Waals surface area (Å²) >= 11 is 0. The summed E-state index contributed by atoms with van der Waals surface area (Å²) in [5, 5.41) is 2.82. The summed E-state index contributed by atoms with van der Waals surface area (Å²) in [6, 6.07) is 4.48. The lowest BCUT2D eigenvalue weighted by Crippen LogP contribution is -2.38. The molecule has 1 aromatic rings. The molecule has 1 fully saturated rings. The number of amides is 1. The van der Waals surface area contributed by atoms with Crippen LogP contribution < -0.4 is 14.8 Å². The fourth-order valence-electron chi connectivity index (χ4n) is 2.55. The van der Waals surface area contributed by atoms with E-state index in [4.69, 9.17) is 9.47 Å². The SMILES string of the molecule is COc1cc(/C=C/C(=O)NCCCN2CCOCC2)ccc1OC(F)F. The molecule has 0 aromatic heterocycles. The summed E-state index contributed by atoms with van der Waals surface area (Å²) in [5.41, 5.74) is 0.645. The molecule has 2 rings (SSSR count). The molecule has 144 valence electrons. The summed E-state index contributed by atoms with van der Waals surface area (Å²) in [6.07, 6.45) is 3.86. The average Bonchev–Trinajstić information content (AvgIpc) is 2.65. The first-order chi connectivity index (χ1) is 12.6. The highest BCUT2D eigenvalue weighted by atomic mass is 19.3. The van der Waals surface area contributed by atoms with E-state index >= 15 is 0 Å². The smallest absolute Gasteiger partial charge is 0.387 e. The Bertz CT molecular complexity index is 605. The van der Waals surface area contributed by atoms with Crippen LogP contribution in [0.15, 0.2) is 24.3 Å². The highest BCUT2D eigenvalue weighted by molar-refractivity contribution is 5.91. The van der Waals surface area contributed by atoms with Crippen molar-refractivity contribution < 1.29 is 27.8 Å². The van der Waals surface area contributed by atoms with Crippen LogP contribution in [0.4, 0.5) is 8.78 Å². The Morgan fingerprint density at radius 1 is 1.35 bits per heavy atom. The fourth-order valence-corrected chi connectivity index (χ4v) is 2.55. The third kappa shape index (κ3) is 6.97. The quantitative estimate of drug-likeness (QED) is 0.533. The highest BCUT2D eigenvalue weighted by Gasteiger charge is 2.11. The van der Waals surface area contributed by atoms with Crippen LogP contribution in [0.2, 0.25) is 0 Å². The normalized spacial score (nSPS) is 15.4. The average molecular weight is 370 g/mol. The van der Waals surface area contributed by atoms with Crippen LogP contribution >= 0.6 is 0 Å². The number of carbonyl (C=O) groups is 1. The first kappa shape index (κ1) is 20.1. The molecule has 1 amide bonds. The molecule has 6 nitrogen and oxygen atoms in total. The lowest BCUT2D eigenvalue weighted by Gasteiger charge is -2.26. The Labute approximate surface area is 151 Å². The zero-order valence-corrected chi connectivity index (χ0v) is 14.7. The topological polar surface area (TPSA) is 60.0 Å².